The fourth-order valence-electron chi connectivity index (χ4n) is 4.84. The number of anilines is 1. The molecule has 5 heterocycles. The van der Waals surface area contributed by atoms with Crippen LogP contribution in [0.2, 0.25) is 0 Å². The van der Waals surface area contributed by atoms with Gasteiger partial charge in [0, 0.05) is 30.9 Å². The van der Waals surface area contributed by atoms with E-state index in [4.69, 9.17) is 9.72 Å². The largest absolute Gasteiger partial charge is 0.481 e. The topological polar surface area (TPSA) is 111 Å². The van der Waals surface area contributed by atoms with Gasteiger partial charge in [-0.15, -0.1) is 10.2 Å². The Bertz CT molecular complexity index is 1210. The van der Waals surface area contributed by atoms with Gasteiger partial charge in [0.2, 0.25) is 17.6 Å². The van der Waals surface area contributed by atoms with Crippen LogP contribution in [-0.4, -0.2) is 66.7 Å². The number of aromatic nitrogens is 6. The molecular weight excluding hydrogens is 420 g/mol. The minimum absolute atomic E-state index is 0.126. The van der Waals surface area contributed by atoms with Crippen LogP contribution in [0.25, 0.3) is 11.4 Å². The lowest BCUT2D eigenvalue weighted by Gasteiger charge is -2.36. The Morgan fingerprint density at radius 2 is 2.15 bits per heavy atom. The number of hydrogen-bond acceptors (Lipinski definition) is 8. The summed E-state index contributed by atoms with van der Waals surface area (Å²) in [5.74, 6) is 1.88. The van der Waals surface area contributed by atoms with Crippen molar-refractivity contribution in [2.24, 2.45) is 7.05 Å². The van der Waals surface area contributed by atoms with Gasteiger partial charge in [0.05, 0.1) is 31.3 Å². The minimum atomic E-state index is -0.254. The molecule has 0 aliphatic carbocycles. The lowest BCUT2D eigenvalue weighted by Crippen LogP contribution is -2.46. The summed E-state index contributed by atoms with van der Waals surface area (Å²) in [6.45, 7) is 5.31. The average Bonchev–Trinajstić information content (AvgIpc) is 3.44. The molecule has 0 aromatic carbocycles. The van der Waals surface area contributed by atoms with E-state index in [0.717, 1.165) is 54.0 Å². The van der Waals surface area contributed by atoms with Crippen LogP contribution in [0.5, 0.6) is 5.88 Å². The number of tetrazole rings is 1. The Labute approximate surface area is 192 Å². The van der Waals surface area contributed by atoms with Gasteiger partial charge < -0.3 is 15.0 Å². The van der Waals surface area contributed by atoms with Crippen LogP contribution >= 0.6 is 0 Å². The van der Waals surface area contributed by atoms with Crippen molar-refractivity contribution in [2.75, 3.05) is 25.5 Å². The molecule has 10 nitrogen and oxygen atoms in total. The van der Waals surface area contributed by atoms with Crippen LogP contribution < -0.4 is 10.1 Å². The maximum Gasteiger partial charge on any atom is 0.229 e. The normalized spacial score (nSPS) is 20.4. The molecule has 2 aliphatic heterocycles. The Balaban J connectivity index is 1.32. The van der Waals surface area contributed by atoms with Crippen LogP contribution in [0.4, 0.5) is 5.82 Å². The Morgan fingerprint density at radius 1 is 1.30 bits per heavy atom. The van der Waals surface area contributed by atoms with Crippen molar-refractivity contribution in [2.45, 2.75) is 44.6 Å². The molecule has 1 saturated heterocycles. The van der Waals surface area contributed by atoms with Crippen molar-refractivity contribution in [3.8, 4) is 17.3 Å². The summed E-state index contributed by atoms with van der Waals surface area (Å²) in [6, 6.07) is 5.83. The zero-order chi connectivity index (χ0) is 23.2. The number of methoxy groups -OCH3 is 1. The van der Waals surface area contributed by atoms with E-state index < -0.39 is 0 Å². The van der Waals surface area contributed by atoms with Gasteiger partial charge in [0.25, 0.3) is 0 Å². The van der Waals surface area contributed by atoms with Gasteiger partial charge in [-0.3, -0.25) is 4.79 Å². The molecule has 33 heavy (non-hydrogen) atoms. The summed E-state index contributed by atoms with van der Waals surface area (Å²) >= 11 is 0. The van der Waals surface area contributed by atoms with Crippen LogP contribution in [0.15, 0.2) is 24.4 Å². The summed E-state index contributed by atoms with van der Waals surface area (Å²) < 4.78 is 5.22. The smallest absolute Gasteiger partial charge is 0.229 e. The second-order valence-corrected chi connectivity index (χ2v) is 9.00. The van der Waals surface area contributed by atoms with Gasteiger partial charge in [0.15, 0.2) is 0 Å². The second-order valence-electron chi connectivity index (χ2n) is 9.00. The zero-order valence-electron chi connectivity index (χ0n) is 19.4. The molecule has 1 fully saturated rings. The lowest BCUT2D eigenvalue weighted by atomic mass is 9.86. The molecule has 5 rings (SSSR count). The highest BCUT2D eigenvalue weighted by Gasteiger charge is 2.43. The SMILES string of the molecule is COc1cc([C@H](C)C(=O)N2CC[C@@]3(CCc4cc(-c5nnn(C)n5)c(C)nc4N3)C2)ccn1. The minimum Gasteiger partial charge on any atom is -0.481 e. The van der Waals surface area contributed by atoms with E-state index in [1.807, 2.05) is 30.9 Å². The molecule has 0 radical (unpaired) electrons. The number of carbonyl (C=O) groups is 1. The third-order valence-electron chi connectivity index (χ3n) is 6.80. The third kappa shape index (κ3) is 3.90. The van der Waals surface area contributed by atoms with E-state index >= 15 is 0 Å². The maximum absolute atomic E-state index is 13.3. The van der Waals surface area contributed by atoms with Crippen molar-refractivity contribution >= 4 is 11.7 Å². The molecule has 10 heteroatoms. The number of rotatable bonds is 4. The van der Waals surface area contributed by atoms with Crippen molar-refractivity contribution in [1.29, 1.82) is 0 Å². The van der Waals surface area contributed by atoms with Gasteiger partial charge in [-0.2, -0.15) is 4.80 Å². The monoisotopic (exact) mass is 448 g/mol. The van der Waals surface area contributed by atoms with Gasteiger partial charge >= 0.3 is 0 Å². The fraction of sp³-hybridized carbons (Fsp3) is 0.478. The summed E-state index contributed by atoms with van der Waals surface area (Å²) in [5.41, 5.74) is 3.68. The first-order valence-electron chi connectivity index (χ1n) is 11.2. The van der Waals surface area contributed by atoms with E-state index in [2.05, 4.69) is 31.8 Å². The number of nitrogens with zero attached hydrogens (tertiary/aromatic N) is 7. The van der Waals surface area contributed by atoms with E-state index in [-0.39, 0.29) is 17.4 Å². The second kappa shape index (κ2) is 8.09. The molecular formula is C23H28N8O2. The number of amides is 1. The number of fused-ring (bicyclic) bond motifs is 1. The Hall–Kier alpha value is -3.56. The first-order valence-corrected chi connectivity index (χ1v) is 11.2. The predicted molar refractivity (Wildman–Crippen MR) is 122 cm³/mol. The molecule has 2 atom stereocenters. The highest BCUT2D eigenvalue weighted by atomic mass is 16.5. The highest BCUT2D eigenvalue weighted by molar-refractivity contribution is 5.84. The standard InChI is InChI=1S/C23H28N8O2/c1-14(16-6-9-24-19(12-16)33-4)22(32)31-10-8-23(13-31)7-5-17-11-18(15(2)25-20(17)26-23)21-27-29-30(3)28-21/h6,9,11-12,14H,5,7-8,10,13H2,1-4H3,(H,25,26)/t14-,23-/m0/s1. The van der Waals surface area contributed by atoms with Crippen LogP contribution in [0.1, 0.15) is 42.5 Å². The fourth-order valence-corrected chi connectivity index (χ4v) is 4.84. The predicted octanol–water partition coefficient (Wildman–Crippen LogP) is 2.12. The molecule has 2 aliphatic rings. The van der Waals surface area contributed by atoms with E-state index in [1.165, 1.54) is 4.80 Å². The lowest BCUT2D eigenvalue weighted by molar-refractivity contribution is -0.131. The van der Waals surface area contributed by atoms with E-state index in [0.29, 0.717) is 18.2 Å². The van der Waals surface area contributed by atoms with E-state index in [9.17, 15) is 4.79 Å². The van der Waals surface area contributed by atoms with Gasteiger partial charge in [0.1, 0.15) is 5.82 Å². The number of aryl methyl sites for hydroxylation is 3. The number of ether oxygens (including phenoxy) is 1. The van der Waals surface area contributed by atoms with Crippen LogP contribution in [0.3, 0.4) is 0 Å². The molecule has 1 N–H and O–H groups in total. The summed E-state index contributed by atoms with van der Waals surface area (Å²) in [4.78, 5) is 25.7. The number of likely N-dealkylation sites (tertiary alicyclic amines) is 1. The van der Waals surface area contributed by atoms with Crippen molar-refractivity contribution in [3.63, 3.8) is 0 Å². The quantitative estimate of drug-likeness (QED) is 0.646. The maximum atomic E-state index is 13.3. The van der Waals surface area contributed by atoms with Crippen LogP contribution in [-0.2, 0) is 18.3 Å². The molecule has 1 amide bonds. The Kier molecular flexibility index (Phi) is 5.22. The molecule has 0 bridgehead atoms. The van der Waals surface area contributed by atoms with Gasteiger partial charge in [-0.25, -0.2) is 9.97 Å². The molecule has 0 unspecified atom stereocenters. The first kappa shape index (κ1) is 21.3. The Morgan fingerprint density at radius 3 is 2.91 bits per heavy atom. The summed E-state index contributed by atoms with van der Waals surface area (Å²) in [6.07, 6.45) is 4.42. The molecule has 3 aromatic rings. The third-order valence-corrected chi connectivity index (χ3v) is 6.80. The highest BCUT2D eigenvalue weighted by Crippen LogP contribution is 2.38. The molecule has 0 saturated carbocycles. The van der Waals surface area contributed by atoms with Crippen LogP contribution in [0, 0.1) is 6.92 Å². The zero-order valence-corrected chi connectivity index (χ0v) is 19.4. The van der Waals surface area contributed by atoms with Gasteiger partial charge in [-0.05, 0) is 61.6 Å². The van der Waals surface area contributed by atoms with Crippen molar-refractivity contribution in [3.05, 3.63) is 41.2 Å². The van der Waals surface area contributed by atoms with Crippen molar-refractivity contribution in [1.82, 2.24) is 35.1 Å². The molecule has 1 spiro atoms. The first-order chi connectivity index (χ1) is 15.9. The molecule has 3 aromatic heterocycles. The number of hydrogen-bond donors (Lipinski definition) is 1. The van der Waals surface area contributed by atoms with Gasteiger partial charge in [-0.1, -0.05) is 0 Å². The average molecular weight is 449 g/mol. The summed E-state index contributed by atoms with van der Waals surface area (Å²) in [5, 5.41) is 16.1. The number of nitrogens with one attached hydrogen (secondary N) is 1. The van der Waals surface area contributed by atoms with Crippen molar-refractivity contribution < 1.29 is 9.53 Å². The number of pyridine rings is 2. The van der Waals surface area contributed by atoms with E-state index in [1.54, 1.807) is 20.4 Å². The molecule has 172 valence electrons. The number of carbonyl (C=O) groups excluding carboxylic acids is 1. The summed E-state index contributed by atoms with van der Waals surface area (Å²) in [7, 11) is 3.33.